The minimum atomic E-state index is 0.130. The first-order chi connectivity index (χ1) is 6.77. The molecule has 0 bridgehead atoms. The summed E-state index contributed by atoms with van der Waals surface area (Å²) >= 11 is 0. The van der Waals surface area contributed by atoms with Gasteiger partial charge in [-0.2, -0.15) is 0 Å². The van der Waals surface area contributed by atoms with Gasteiger partial charge in [0.05, 0.1) is 11.8 Å². The highest BCUT2D eigenvalue weighted by Crippen LogP contribution is 2.25. The normalized spacial score (nSPS) is 21.8. The van der Waals surface area contributed by atoms with Crippen LogP contribution in [0.3, 0.4) is 0 Å². The number of Topliss-reactive ketones (excluding diaryl/α,β-unsaturated/α-hetero) is 1. The van der Waals surface area contributed by atoms with E-state index in [1.165, 1.54) is 6.26 Å². The summed E-state index contributed by atoms with van der Waals surface area (Å²) in [6, 6.07) is 1.72. The number of ketones is 1. The molecule has 74 valence electrons. The lowest BCUT2D eigenvalue weighted by Gasteiger charge is -2.16. The van der Waals surface area contributed by atoms with Gasteiger partial charge in [-0.05, 0) is 36.8 Å². The highest BCUT2D eigenvalue weighted by atomic mass is 16.3. The predicted octanol–water partition coefficient (Wildman–Crippen LogP) is 3.21. The third-order valence-corrected chi connectivity index (χ3v) is 2.75. The van der Waals surface area contributed by atoms with Crippen molar-refractivity contribution < 1.29 is 9.21 Å². The zero-order chi connectivity index (χ0) is 9.97. The van der Waals surface area contributed by atoms with Crippen molar-refractivity contribution in [3.63, 3.8) is 0 Å². The first-order valence-corrected chi connectivity index (χ1v) is 5.03. The molecule has 14 heavy (non-hydrogen) atoms. The van der Waals surface area contributed by atoms with Gasteiger partial charge >= 0.3 is 0 Å². The molecule has 0 spiro atoms. The molecule has 0 aliphatic heterocycles. The van der Waals surface area contributed by atoms with Crippen LogP contribution in [0.2, 0.25) is 0 Å². The lowest BCUT2D eigenvalue weighted by Crippen LogP contribution is -2.09. The number of carbonyl (C=O) groups excluding carboxylic acids is 1. The van der Waals surface area contributed by atoms with E-state index in [1.54, 1.807) is 12.3 Å². The number of hydrogen-bond donors (Lipinski definition) is 0. The van der Waals surface area contributed by atoms with E-state index in [-0.39, 0.29) is 5.78 Å². The maximum atomic E-state index is 11.8. The minimum Gasteiger partial charge on any atom is -0.472 e. The molecule has 0 N–H and O–H groups in total. The van der Waals surface area contributed by atoms with Gasteiger partial charge in [0.15, 0.2) is 5.78 Å². The van der Waals surface area contributed by atoms with Crippen LogP contribution < -0.4 is 0 Å². The van der Waals surface area contributed by atoms with E-state index < -0.39 is 0 Å². The molecule has 1 atom stereocenters. The van der Waals surface area contributed by atoms with Crippen molar-refractivity contribution in [2.75, 3.05) is 0 Å². The van der Waals surface area contributed by atoms with Crippen molar-refractivity contribution in [2.45, 2.75) is 26.2 Å². The maximum Gasteiger partial charge on any atom is 0.191 e. The molecule has 1 aromatic heterocycles. The molecular weight excluding hydrogens is 176 g/mol. The fourth-order valence-electron chi connectivity index (χ4n) is 1.75. The summed E-state index contributed by atoms with van der Waals surface area (Å²) in [5.41, 5.74) is 1.62. The smallest absolute Gasteiger partial charge is 0.191 e. The summed E-state index contributed by atoms with van der Waals surface area (Å²) in [4.78, 5) is 11.8. The largest absolute Gasteiger partial charge is 0.472 e. The van der Waals surface area contributed by atoms with Gasteiger partial charge in [-0.3, -0.25) is 4.79 Å². The Morgan fingerprint density at radius 1 is 1.57 bits per heavy atom. The summed E-state index contributed by atoms with van der Waals surface area (Å²) in [6.45, 7) is 2.22. The van der Waals surface area contributed by atoms with Crippen molar-refractivity contribution in [1.29, 1.82) is 0 Å². The van der Waals surface area contributed by atoms with Crippen LogP contribution in [0.25, 0.3) is 0 Å². The average molecular weight is 190 g/mol. The standard InChI is InChI=1S/C12H14O2/c1-9-2-4-10(5-3-9)12(13)11-6-7-14-8-11/h4,6-9H,2-3,5H2,1H3. The third-order valence-electron chi connectivity index (χ3n) is 2.75. The van der Waals surface area contributed by atoms with Crippen LogP contribution in [0.1, 0.15) is 36.5 Å². The van der Waals surface area contributed by atoms with Crippen LogP contribution in [0.4, 0.5) is 0 Å². The van der Waals surface area contributed by atoms with E-state index in [1.807, 2.05) is 0 Å². The van der Waals surface area contributed by atoms with Crippen molar-refractivity contribution in [3.8, 4) is 0 Å². The van der Waals surface area contributed by atoms with Crippen molar-refractivity contribution >= 4 is 5.78 Å². The second-order valence-electron chi connectivity index (χ2n) is 3.95. The number of allylic oxidation sites excluding steroid dienone is 2. The van der Waals surface area contributed by atoms with Gasteiger partial charge < -0.3 is 4.42 Å². The molecule has 0 amide bonds. The minimum absolute atomic E-state index is 0.130. The number of carbonyl (C=O) groups is 1. The Labute approximate surface area is 83.6 Å². The van der Waals surface area contributed by atoms with Gasteiger partial charge in [0.1, 0.15) is 6.26 Å². The molecule has 0 radical (unpaired) electrons. The van der Waals surface area contributed by atoms with E-state index in [2.05, 4.69) is 13.0 Å². The molecule has 0 saturated heterocycles. The molecule has 0 saturated carbocycles. The van der Waals surface area contributed by atoms with Crippen LogP contribution in [-0.2, 0) is 0 Å². The van der Waals surface area contributed by atoms with Crippen LogP contribution in [0.5, 0.6) is 0 Å². The Hall–Kier alpha value is -1.31. The van der Waals surface area contributed by atoms with Gasteiger partial charge in [-0.15, -0.1) is 0 Å². The number of furan rings is 1. The van der Waals surface area contributed by atoms with Crippen LogP contribution in [-0.4, -0.2) is 5.78 Å². The maximum absolute atomic E-state index is 11.8. The van der Waals surface area contributed by atoms with E-state index >= 15 is 0 Å². The molecule has 1 aromatic rings. The number of hydrogen-bond acceptors (Lipinski definition) is 2. The Kier molecular flexibility index (Phi) is 2.53. The summed E-state index contributed by atoms with van der Waals surface area (Å²) < 4.78 is 4.90. The SMILES string of the molecule is CC1CC=C(C(=O)c2ccoc2)CC1. The van der Waals surface area contributed by atoms with Gasteiger partial charge in [0.25, 0.3) is 0 Å². The molecule has 1 heterocycles. The topological polar surface area (TPSA) is 30.2 Å². The lowest BCUT2D eigenvalue weighted by atomic mass is 9.88. The summed E-state index contributed by atoms with van der Waals surface area (Å²) in [6.07, 6.45) is 8.18. The van der Waals surface area contributed by atoms with Crippen LogP contribution in [0.15, 0.2) is 34.7 Å². The average Bonchev–Trinajstić information content (AvgIpc) is 2.71. The molecule has 1 aliphatic carbocycles. The molecule has 0 fully saturated rings. The zero-order valence-corrected chi connectivity index (χ0v) is 8.32. The highest BCUT2D eigenvalue weighted by molar-refractivity contribution is 6.08. The predicted molar refractivity (Wildman–Crippen MR) is 54.1 cm³/mol. The number of rotatable bonds is 2. The fourth-order valence-corrected chi connectivity index (χ4v) is 1.75. The zero-order valence-electron chi connectivity index (χ0n) is 8.32. The molecule has 0 aromatic carbocycles. The van der Waals surface area contributed by atoms with Gasteiger partial charge in [0.2, 0.25) is 0 Å². The summed E-state index contributed by atoms with van der Waals surface area (Å²) in [5.74, 6) is 0.849. The van der Waals surface area contributed by atoms with Crippen LogP contribution in [0, 0.1) is 5.92 Å². The monoisotopic (exact) mass is 190 g/mol. The molecule has 2 heteroatoms. The van der Waals surface area contributed by atoms with Crippen molar-refractivity contribution in [2.24, 2.45) is 5.92 Å². The van der Waals surface area contributed by atoms with Crippen molar-refractivity contribution in [1.82, 2.24) is 0 Å². The van der Waals surface area contributed by atoms with Crippen LogP contribution >= 0.6 is 0 Å². The quantitative estimate of drug-likeness (QED) is 0.670. The second-order valence-corrected chi connectivity index (χ2v) is 3.95. The Bertz CT molecular complexity index is 346. The second kappa shape index (κ2) is 3.82. The summed E-state index contributed by atoms with van der Waals surface area (Å²) in [7, 11) is 0. The van der Waals surface area contributed by atoms with E-state index in [0.29, 0.717) is 5.56 Å². The third kappa shape index (κ3) is 1.79. The molecule has 1 unspecified atom stereocenters. The molecular formula is C12H14O2. The van der Waals surface area contributed by atoms with Crippen molar-refractivity contribution in [3.05, 3.63) is 35.8 Å². The summed E-state index contributed by atoms with van der Waals surface area (Å²) in [5, 5.41) is 0. The van der Waals surface area contributed by atoms with Gasteiger partial charge in [0, 0.05) is 0 Å². The van der Waals surface area contributed by atoms with E-state index in [9.17, 15) is 4.79 Å². The lowest BCUT2D eigenvalue weighted by molar-refractivity contribution is 0.102. The molecule has 1 aliphatic rings. The molecule has 2 nitrogen and oxygen atoms in total. The van der Waals surface area contributed by atoms with Gasteiger partial charge in [-0.25, -0.2) is 0 Å². The highest BCUT2D eigenvalue weighted by Gasteiger charge is 2.17. The Morgan fingerprint density at radius 2 is 2.43 bits per heavy atom. The first-order valence-electron chi connectivity index (χ1n) is 5.03. The fraction of sp³-hybridized carbons (Fsp3) is 0.417. The van der Waals surface area contributed by atoms with E-state index in [4.69, 9.17) is 4.42 Å². The Balaban J connectivity index is 2.13. The van der Waals surface area contributed by atoms with E-state index in [0.717, 1.165) is 30.8 Å². The first kappa shape index (κ1) is 9.25. The van der Waals surface area contributed by atoms with Gasteiger partial charge in [-0.1, -0.05) is 13.0 Å². The Morgan fingerprint density at radius 3 is 3.00 bits per heavy atom. The molecule has 2 rings (SSSR count).